The molecule has 2 saturated heterocycles. The fourth-order valence-corrected chi connectivity index (χ4v) is 3.01. The second-order valence-corrected chi connectivity index (χ2v) is 5.91. The maximum Gasteiger partial charge on any atom is 0.242 e. The van der Waals surface area contributed by atoms with Crippen molar-refractivity contribution in [1.29, 1.82) is 0 Å². The molecular weight excluding hydrogens is 272 g/mol. The normalized spacial score (nSPS) is 27.2. The maximum atomic E-state index is 12.2. The van der Waals surface area contributed by atoms with E-state index < -0.39 is 5.60 Å². The minimum atomic E-state index is -0.790. The molecule has 0 aliphatic carbocycles. The van der Waals surface area contributed by atoms with Gasteiger partial charge in [-0.25, -0.2) is 4.98 Å². The Bertz CT molecular complexity index is 473. The molecule has 0 radical (unpaired) electrons. The summed E-state index contributed by atoms with van der Waals surface area (Å²) in [6.45, 7) is 5.08. The quantitative estimate of drug-likeness (QED) is 0.785. The number of carbonyl (C=O) groups excluding carboxylic acids is 1. The van der Waals surface area contributed by atoms with E-state index >= 15 is 0 Å². The Balaban J connectivity index is 1.52. The van der Waals surface area contributed by atoms with E-state index in [9.17, 15) is 9.90 Å². The summed E-state index contributed by atoms with van der Waals surface area (Å²) < 4.78 is 7.07. The highest BCUT2D eigenvalue weighted by atomic mass is 16.5. The fourth-order valence-electron chi connectivity index (χ4n) is 3.01. The lowest BCUT2D eigenvalue weighted by molar-refractivity contribution is -0.132. The molecule has 2 aliphatic rings. The number of likely N-dealkylation sites (tertiary alicyclic amines) is 1. The average Bonchev–Trinajstić information content (AvgIpc) is 3.10. The zero-order valence-corrected chi connectivity index (χ0v) is 12.1. The highest BCUT2D eigenvalue weighted by Crippen LogP contribution is 2.23. The van der Waals surface area contributed by atoms with Crippen molar-refractivity contribution in [3.8, 4) is 0 Å². The van der Waals surface area contributed by atoms with E-state index in [0.717, 1.165) is 26.3 Å². The lowest BCUT2D eigenvalue weighted by atomic mass is 10.0. The van der Waals surface area contributed by atoms with Crippen molar-refractivity contribution in [2.45, 2.75) is 18.6 Å². The molecule has 1 aromatic heterocycles. The number of nitrogens with zero attached hydrogens (tertiary/aromatic N) is 4. The van der Waals surface area contributed by atoms with E-state index in [1.165, 1.54) is 0 Å². The molecule has 1 atom stereocenters. The summed E-state index contributed by atoms with van der Waals surface area (Å²) in [5.74, 6) is 0.0332. The van der Waals surface area contributed by atoms with Gasteiger partial charge in [-0.1, -0.05) is 0 Å². The van der Waals surface area contributed by atoms with Gasteiger partial charge in [-0.2, -0.15) is 0 Å². The highest BCUT2D eigenvalue weighted by Gasteiger charge is 2.39. The molecule has 0 bridgehead atoms. The molecule has 1 aromatic rings. The molecule has 2 aliphatic heterocycles. The molecule has 3 heterocycles. The number of imidazole rings is 1. The summed E-state index contributed by atoms with van der Waals surface area (Å²) in [5, 5.41) is 10.7. The first-order valence-electron chi connectivity index (χ1n) is 7.41. The largest absolute Gasteiger partial charge is 0.387 e. The van der Waals surface area contributed by atoms with Gasteiger partial charge in [0.2, 0.25) is 5.91 Å². The van der Waals surface area contributed by atoms with Crippen LogP contribution in [-0.4, -0.2) is 81.9 Å². The van der Waals surface area contributed by atoms with Crippen molar-refractivity contribution in [3.05, 3.63) is 18.7 Å². The van der Waals surface area contributed by atoms with Crippen molar-refractivity contribution in [1.82, 2.24) is 19.4 Å². The Kier molecular flexibility index (Phi) is 4.23. The van der Waals surface area contributed by atoms with Crippen LogP contribution >= 0.6 is 0 Å². The Morgan fingerprint density at radius 2 is 2.14 bits per heavy atom. The monoisotopic (exact) mass is 294 g/mol. The number of rotatable bonds is 4. The molecule has 7 heteroatoms. The van der Waals surface area contributed by atoms with Crippen molar-refractivity contribution in [3.63, 3.8) is 0 Å². The number of amides is 1. The first-order valence-corrected chi connectivity index (χ1v) is 7.41. The Hall–Kier alpha value is -1.44. The van der Waals surface area contributed by atoms with Crippen LogP contribution in [0.1, 0.15) is 6.42 Å². The Morgan fingerprint density at radius 1 is 1.33 bits per heavy atom. The second kappa shape index (κ2) is 6.13. The van der Waals surface area contributed by atoms with Crippen LogP contribution < -0.4 is 0 Å². The number of β-amino-alcohol motifs (C(OH)–C–C–N with tert-alkyl or cyclic N) is 1. The summed E-state index contributed by atoms with van der Waals surface area (Å²) in [6.07, 6.45) is 5.70. The third-order valence-electron chi connectivity index (χ3n) is 4.18. The van der Waals surface area contributed by atoms with Gasteiger partial charge in [0.1, 0.15) is 6.54 Å². The summed E-state index contributed by atoms with van der Waals surface area (Å²) in [4.78, 5) is 20.1. The van der Waals surface area contributed by atoms with Crippen molar-refractivity contribution in [2.24, 2.45) is 0 Å². The topological polar surface area (TPSA) is 70.8 Å². The van der Waals surface area contributed by atoms with Gasteiger partial charge in [-0.05, 0) is 6.42 Å². The average molecular weight is 294 g/mol. The van der Waals surface area contributed by atoms with Crippen LogP contribution in [0.2, 0.25) is 0 Å². The molecule has 0 unspecified atom stereocenters. The van der Waals surface area contributed by atoms with Gasteiger partial charge >= 0.3 is 0 Å². The number of ether oxygens (including phenoxy) is 1. The van der Waals surface area contributed by atoms with Crippen LogP contribution in [0.5, 0.6) is 0 Å². The van der Waals surface area contributed by atoms with Crippen LogP contribution in [0.15, 0.2) is 18.7 Å². The van der Waals surface area contributed by atoms with E-state index in [1.807, 2.05) is 0 Å². The van der Waals surface area contributed by atoms with Crippen LogP contribution in [0, 0.1) is 0 Å². The second-order valence-electron chi connectivity index (χ2n) is 5.91. The summed E-state index contributed by atoms with van der Waals surface area (Å²) in [6, 6.07) is 0. The van der Waals surface area contributed by atoms with Gasteiger partial charge < -0.3 is 19.3 Å². The molecule has 7 nitrogen and oxygen atoms in total. The van der Waals surface area contributed by atoms with E-state index in [2.05, 4.69) is 9.88 Å². The predicted octanol–water partition coefficient (Wildman–Crippen LogP) is -0.821. The molecule has 3 rings (SSSR count). The molecule has 0 saturated carbocycles. The number of carbonyl (C=O) groups is 1. The van der Waals surface area contributed by atoms with E-state index in [1.54, 1.807) is 28.2 Å². The van der Waals surface area contributed by atoms with Gasteiger partial charge in [0.15, 0.2) is 0 Å². The lowest BCUT2D eigenvalue weighted by Crippen LogP contribution is -2.49. The van der Waals surface area contributed by atoms with E-state index in [0.29, 0.717) is 26.1 Å². The van der Waals surface area contributed by atoms with Gasteiger partial charge in [0.05, 0.1) is 31.7 Å². The third-order valence-corrected chi connectivity index (χ3v) is 4.18. The molecule has 21 heavy (non-hydrogen) atoms. The first kappa shape index (κ1) is 14.5. The Morgan fingerprint density at radius 3 is 2.86 bits per heavy atom. The third kappa shape index (κ3) is 3.61. The van der Waals surface area contributed by atoms with Crippen molar-refractivity contribution >= 4 is 5.91 Å². The first-order chi connectivity index (χ1) is 10.1. The van der Waals surface area contributed by atoms with E-state index in [4.69, 9.17) is 4.74 Å². The van der Waals surface area contributed by atoms with Crippen LogP contribution in [0.25, 0.3) is 0 Å². The zero-order chi connectivity index (χ0) is 14.7. The van der Waals surface area contributed by atoms with Crippen molar-refractivity contribution < 1.29 is 14.6 Å². The zero-order valence-electron chi connectivity index (χ0n) is 12.1. The minimum Gasteiger partial charge on any atom is -0.387 e. The highest BCUT2D eigenvalue weighted by molar-refractivity contribution is 5.76. The number of morpholine rings is 1. The molecule has 0 aromatic carbocycles. The Labute approximate surface area is 124 Å². The molecule has 116 valence electrons. The van der Waals surface area contributed by atoms with Crippen molar-refractivity contribution in [2.75, 3.05) is 45.9 Å². The van der Waals surface area contributed by atoms with E-state index in [-0.39, 0.29) is 12.5 Å². The number of hydrogen-bond acceptors (Lipinski definition) is 5. The van der Waals surface area contributed by atoms with Gasteiger partial charge in [-0.3, -0.25) is 9.69 Å². The maximum absolute atomic E-state index is 12.2. The molecule has 1 N–H and O–H groups in total. The summed E-state index contributed by atoms with van der Waals surface area (Å²) >= 11 is 0. The van der Waals surface area contributed by atoms with Crippen LogP contribution in [0.3, 0.4) is 0 Å². The number of hydrogen-bond donors (Lipinski definition) is 1. The molecule has 1 amide bonds. The van der Waals surface area contributed by atoms with Gasteiger partial charge in [-0.15, -0.1) is 0 Å². The summed E-state index contributed by atoms with van der Waals surface area (Å²) in [7, 11) is 0. The molecular formula is C14H22N4O3. The standard InChI is InChI=1S/C14H22N4O3/c19-13(9-17-4-2-15-12-17)18-3-1-14(20,11-18)10-16-5-7-21-8-6-16/h2,4,12,20H,1,3,5-11H2/t14-/m0/s1. The number of aromatic nitrogens is 2. The van der Waals surface area contributed by atoms with Gasteiger partial charge in [0, 0.05) is 38.6 Å². The predicted molar refractivity (Wildman–Crippen MR) is 75.6 cm³/mol. The minimum absolute atomic E-state index is 0.0332. The molecule has 2 fully saturated rings. The van der Waals surface area contributed by atoms with Gasteiger partial charge in [0.25, 0.3) is 0 Å². The smallest absolute Gasteiger partial charge is 0.242 e. The summed E-state index contributed by atoms with van der Waals surface area (Å²) in [5.41, 5.74) is -0.790. The number of aliphatic hydroxyl groups is 1. The molecule has 0 spiro atoms. The van der Waals surface area contributed by atoms with Crippen LogP contribution in [0.4, 0.5) is 0 Å². The SMILES string of the molecule is O=C(Cn1ccnc1)N1CC[C@](O)(CN2CCOCC2)C1. The fraction of sp³-hybridized carbons (Fsp3) is 0.714. The lowest BCUT2D eigenvalue weighted by Gasteiger charge is -2.33. The van der Waals surface area contributed by atoms with Crippen LogP contribution in [-0.2, 0) is 16.1 Å².